The second-order valence-electron chi connectivity index (χ2n) is 11.0. The SMILES string of the molecule is CN(C)c1ccc(N=Nc2nc3ccc(CCCCc4ccccc4CN(C(=O)CCl)c4ccc5c(c4)OCO5)cc3s2)cc1. The monoisotopic (exact) mass is 639 g/mol. The van der Waals surface area contributed by atoms with Gasteiger partial charge in [-0.1, -0.05) is 41.7 Å². The lowest BCUT2D eigenvalue weighted by atomic mass is 9.99. The molecule has 10 heteroatoms. The van der Waals surface area contributed by atoms with Crippen LogP contribution in [0.2, 0.25) is 0 Å². The number of fused-ring (bicyclic) bond motifs is 2. The summed E-state index contributed by atoms with van der Waals surface area (Å²) in [5, 5.41) is 9.40. The molecule has 2 heterocycles. The van der Waals surface area contributed by atoms with Crippen LogP contribution in [0.25, 0.3) is 10.2 Å². The third kappa shape index (κ3) is 7.44. The van der Waals surface area contributed by atoms with Crippen LogP contribution in [-0.2, 0) is 24.2 Å². The molecule has 0 fully saturated rings. The summed E-state index contributed by atoms with van der Waals surface area (Å²) in [5.74, 6) is 1.05. The van der Waals surface area contributed by atoms with Crippen LogP contribution in [0, 0.1) is 0 Å². The number of halogens is 1. The molecule has 0 aliphatic carbocycles. The molecule has 0 radical (unpaired) electrons. The number of unbranched alkanes of at least 4 members (excludes halogenated alkanes) is 1. The van der Waals surface area contributed by atoms with Gasteiger partial charge in [-0.3, -0.25) is 4.79 Å². The molecule has 1 aromatic heterocycles. The van der Waals surface area contributed by atoms with Gasteiger partial charge in [0.2, 0.25) is 17.8 Å². The van der Waals surface area contributed by atoms with E-state index < -0.39 is 0 Å². The van der Waals surface area contributed by atoms with Gasteiger partial charge in [-0.05, 0) is 90.9 Å². The number of hydrogen-bond donors (Lipinski definition) is 0. The van der Waals surface area contributed by atoms with E-state index in [4.69, 9.17) is 21.1 Å². The molecular formula is C35H34ClN5O3S. The quantitative estimate of drug-likeness (QED) is 0.0774. The number of carbonyl (C=O) groups excluding carboxylic acids is 1. The summed E-state index contributed by atoms with van der Waals surface area (Å²) in [6.45, 7) is 0.619. The summed E-state index contributed by atoms with van der Waals surface area (Å²) >= 11 is 7.57. The van der Waals surface area contributed by atoms with Gasteiger partial charge in [-0.15, -0.1) is 21.8 Å². The molecule has 0 saturated heterocycles. The van der Waals surface area contributed by atoms with E-state index in [0.717, 1.165) is 58.5 Å². The molecule has 6 rings (SSSR count). The molecule has 0 atom stereocenters. The molecular weight excluding hydrogens is 606 g/mol. The van der Waals surface area contributed by atoms with Crippen LogP contribution in [0.3, 0.4) is 0 Å². The molecule has 0 bridgehead atoms. The van der Waals surface area contributed by atoms with Crippen LogP contribution < -0.4 is 19.3 Å². The number of anilines is 2. The molecule has 0 N–H and O–H groups in total. The molecule has 5 aromatic rings. The Bertz CT molecular complexity index is 1820. The molecule has 1 aliphatic heterocycles. The zero-order chi connectivity index (χ0) is 31.2. The lowest BCUT2D eigenvalue weighted by molar-refractivity contribution is -0.116. The Labute approximate surface area is 271 Å². The number of hydrogen-bond acceptors (Lipinski definition) is 8. The van der Waals surface area contributed by atoms with Crippen molar-refractivity contribution in [1.29, 1.82) is 0 Å². The highest BCUT2D eigenvalue weighted by Crippen LogP contribution is 2.36. The molecule has 4 aromatic carbocycles. The first-order valence-corrected chi connectivity index (χ1v) is 16.2. The molecule has 0 spiro atoms. The largest absolute Gasteiger partial charge is 0.454 e. The van der Waals surface area contributed by atoms with Gasteiger partial charge < -0.3 is 19.3 Å². The van der Waals surface area contributed by atoms with Gasteiger partial charge in [-0.2, -0.15) is 0 Å². The predicted molar refractivity (Wildman–Crippen MR) is 182 cm³/mol. The van der Waals surface area contributed by atoms with Crippen molar-refractivity contribution in [2.75, 3.05) is 36.6 Å². The Hall–Kier alpha value is -4.47. The number of alkyl halides is 1. The Morgan fingerprint density at radius 3 is 2.42 bits per heavy atom. The minimum atomic E-state index is -0.160. The zero-order valence-corrected chi connectivity index (χ0v) is 26.9. The second kappa shape index (κ2) is 14.1. The Morgan fingerprint density at radius 2 is 1.62 bits per heavy atom. The standard InChI is InChI=1S/C35H34ClN5O3S/c1-40(2)28-14-12-27(13-15-28)38-39-35-37-30-17-11-24(19-33(30)45-35)7-3-4-8-25-9-5-6-10-26(25)22-41(34(42)21-36)29-16-18-31-32(20-29)44-23-43-31/h5-6,9-20H,3-4,7-8,21-23H2,1-2H3. The number of aromatic nitrogens is 1. The number of thiazole rings is 1. The Balaban J connectivity index is 1.06. The van der Waals surface area contributed by atoms with Crippen molar-refractivity contribution < 1.29 is 14.3 Å². The van der Waals surface area contributed by atoms with E-state index >= 15 is 0 Å². The maximum Gasteiger partial charge on any atom is 0.242 e. The van der Waals surface area contributed by atoms with Crippen LogP contribution in [0.15, 0.2) is 95.2 Å². The summed E-state index contributed by atoms with van der Waals surface area (Å²) in [7, 11) is 4.02. The van der Waals surface area contributed by atoms with E-state index in [-0.39, 0.29) is 18.6 Å². The van der Waals surface area contributed by atoms with Gasteiger partial charge in [0.1, 0.15) is 5.88 Å². The van der Waals surface area contributed by atoms with E-state index in [1.165, 1.54) is 11.1 Å². The molecule has 8 nitrogen and oxygen atoms in total. The first-order valence-electron chi connectivity index (χ1n) is 14.9. The predicted octanol–water partition coefficient (Wildman–Crippen LogP) is 8.84. The van der Waals surface area contributed by atoms with Crippen LogP contribution >= 0.6 is 22.9 Å². The number of ether oxygens (including phenoxy) is 2. The summed E-state index contributed by atoms with van der Waals surface area (Å²) in [6, 6.07) is 28.2. The first kappa shape index (κ1) is 30.6. The van der Waals surface area contributed by atoms with Crippen molar-refractivity contribution >= 4 is 61.3 Å². The van der Waals surface area contributed by atoms with Gasteiger partial charge >= 0.3 is 0 Å². The zero-order valence-electron chi connectivity index (χ0n) is 25.3. The Kier molecular flexibility index (Phi) is 9.57. The number of azo groups is 1. The molecule has 230 valence electrons. The highest BCUT2D eigenvalue weighted by atomic mass is 35.5. The average molecular weight is 640 g/mol. The van der Waals surface area contributed by atoms with Gasteiger partial charge in [0, 0.05) is 31.5 Å². The van der Waals surface area contributed by atoms with Crippen molar-refractivity contribution in [3.05, 3.63) is 102 Å². The summed E-state index contributed by atoms with van der Waals surface area (Å²) in [5.41, 5.74) is 7.21. The Morgan fingerprint density at radius 1 is 0.867 bits per heavy atom. The lowest BCUT2D eigenvalue weighted by Gasteiger charge is -2.24. The fourth-order valence-corrected chi connectivity index (χ4v) is 6.29. The van der Waals surface area contributed by atoms with Crippen LogP contribution in [0.5, 0.6) is 11.5 Å². The van der Waals surface area contributed by atoms with Crippen molar-refractivity contribution in [3.8, 4) is 11.5 Å². The highest BCUT2D eigenvalue weighted by molar-refractivity contribution is 7.21. The van der Waals surface area contributed by atoms with E-state index in [2.05, 4.69) is 56.5 Å². The number of benzene rings is 4. The third-order valence-electron chi connectivity index (χ3n) is 7.75. The van der Waals surface area contributed by atoms with Gasteiger partial charge in [0.15, 0.2) is 11.5 Å². The summed E-state index contributed by atoms with van der Waals surface area (Å²) < 4.78 is 12.1. The number of carbonyl (C=O) groups is 1. The van der Waals surface area contributed by atoms with Gasteiger partial charge in [0.25, 0.3) is 0 Å². The fourth-order valence-electron chi connectivity index (χ4n) is 5.29. The molecule has 1 amide bonds. The summed E-state index contributed by atoms with van der Waals surface area (Å²) in [4.78, 5) is 21.3. The summed E-state index contributed by atoms with van der Waals surface area (Å²) in [6.07, 6.45) is 3.96. The van der Waals surface area contributed by atoms with Crippen molar-refractivity contribution in [3.63, 3.8) is 0 Å². The molecule has 1 aliphatic rings. The topological polar surface area (TPSA) is 79.6 Å². The van der Waals surface area contributed by atoms with Crippen molar-refractivity contribution in [2.45, 2.75) is 32.2 Å². The van der Waals surface area contributed by atoms with Crippen LogP contribution in [-0.4, -0.2) is 37.7 Å². The average Bonchev–Trinajstić information content (AvgIpc) is 3.71. The first-order chi connectivity index (χ1) is 22.0. The van der Waals surface area contributed by atoms with Gasteiger partial charge in [0.05, 0.1) is 22.4 Å². The minimum absolute atomic E-state index is 0.101. The maximum absolute atomic E-state index is 12.9. The van der Waals surface area contributed by atoms with E-state index in [9.17, 15) is 4.79 Å². The highest BCUT2D eigenvalue weighted by Gasteiger charge is 2.21. The number of aryl methyl sites for hydroxylation is 2. The third-order valence-corrected chi connectivity index (χ3v) is 8.88. The van der Waals surface area contributed by atoms with Gasteiger partial charge in [-0.25, -0.2) is 4.98 Å². The normalized spacial score (nSPS) is 12.2. The van der Waals surface area contributed by atoms with E-state index in [1.807, 2.05) is 62.6 Å². The smallest absolute Gasteiger partial charge is 0.242 e. The second-order valence-corrected chi connectivity index (χ2v) is 12.3. The van der Waals surface area contributed by atoms with Crippen molar-refractivity contribution in [2.24, 2.45) is 10.2 Å². The minimum Gasteiger partial charge on any atom is -0.454 e. The van der Waals surface area contributed by atoms with E-state index in [0.29, 0.717) is 23.2 Å². The van der Waals surface area contributed by atoms with Crippen LogP contribution in [0.1, 0.15) is 29.5 Å². The maximum atomic E-state index is 12.9. The lowest BCUT2D eigenvalue weighted by Crippen LogP contribution is -2.31. The van der Waals surface area contributed by atoms with Crippen molar-refractivity contribution in [1.82, 2.24) is 4.98 Å². The molecule has 0 saturated carbocycles. The number of rotatable bonds is 12. The number of amides is 1. The molecule has 0 unspecified atom stereocenters. The molecule has 45 heavy (non-hydrogen) atoms. The fraction of sp³-hybridized carbons (Fsp3) is 0.257. The van der Waals surface area contributed by atoms with Crippen LogP contribution in [0.4, 0.5) is 22.2 Å². The number of nitrogens with zero attached hydrogens (tertiary/aromatic N) is 5. The van der Waals surface area contributed by atoms with E-state index in [1.54, 1.807) is 16.2 Å².